The molecule has 0 spiro atoms. The van der Waals surface area contributed by atoms with Gasteiger partial charge in [-0.3, -0.25) is 9.69 Å². The number of amides is 1. The number of carbonyl (C=O) groups is 1. The van der Waals surface area contributed by atoms with Gasteiger partial charge in [0.2, 0.25) is 5.91 Å². The molecule has 1 aromatic heterocycles. The standard InChI is InChI=1S/C24H28N6O2/c25-22-8-4-5-9-23(22)26-24(32)11-10-19-15-30(28-27-19)20-14-21(17-31)29(16-20)13-12-18-6-2-1-3-7-18/h1-11,15,20-21,31H,12-14,16-17,25H2,(H,26,32)/b11-10+/t20-,21-/m1/s1. The number of aliphatic hydroxyl groups is 1. The second-order valence-corrected chi connectivity index (χ2v) is 7.99. The first-order valence-electron chi connectivity index (χ1n) is 10.8. The highest BCUT2D eigenvalue weighted by atomic mass is 16.3. The highest BCUT2D eigenvalue weighted by Gasteiger charge is 2.32. The van der Waals surface area contributed by atoms with Crippen molar-refractivity contribution in [1.82, 2.24) is 19.9 Å². The molecule has 32 heavy (non-hydrogen) atoms. The van der Waals surface area contributed by atoms with Gasteiger partial charge in [-0.2, -0.15) is 0 Å². The fourth-order valence-electron chi connectivity index (χ4n) is 4.02. The van der Waals surface area contributed by atoms with E-state index in [1.54, 1.807) is 18.2 Å². The third-order valence-corrected chi connectivity index (χ3v) is 5.77. The Morgan fingerprint density at radius 3 is 2.75 bits per heavy atom. The van der Waals surface area contributed by atoms with Crippen molar-refractivity contribution in [1.29, 1.82) is 0 Å². The van der Waals surface area contributed by atoms with Crippen molar-refractivity contribution in [2.45, 2.75) is 24.9 Å². The predicted molar refractivity (Wildman–Crippen MR) is 125 cm³/mol. The highest BCUT2D eigenvalue weighted by molar-refractivity contribution is 6.03. The average molecular weight is 433 g/mol. The Balaban J connectivity index is 1.34. The number of nitrogens with one attached hydrogen (secondary N) is 1. The number of rotatable bonds is 8. The molecule has 2 atom stereocenters. The van der Waals surface area contributed by atoms with E-state index < -0.39 is 0 Å². The summed E-state index contributed by atoms with van der Waals surface area (Å²) < 4.78 is 1.83. The van der Waals surface area contributed by atoms with Crippen LogP contribution in [0.4, 0.5) is 11.4 Å². The SMILES string of the molecule is Nc1ccccc1NC(=O)/C=C/c1cn([C@@H]2C[C@H](CO)N(CCc3ccccc3)C2)nn1. The van der Waals surface area contributed by atoms with Crippen LogP contribution in [-0.2, 0) is 11.2 Å². The van der Waals surface area contributed by atoms with Gasteiger partial charge in [0.05, 0.1) is 30.2 Å². The molecule has 1 saturated heterocycles. The van der Waals surface area contributed by atoms with Gasteiger partial charge in [0.15, 0.2) is 0 Å². The maximum atomic E-state index is 12.2. The zero-order valence-corrected chi connectivity index (χ0v) is 17.8. The van der Waals surface area contributed by atoms with E-state index in [0.717, 1.165) is 25.9 Å². The van der Waals surface area contributed by atoms with Crippen LogP contribution < -0.4 is 11.1 Å². The summed E-state index contributed by atoms with van der Waals surface area (Å²) in [4.78, 5) is 14.5. The van der Waals surface area contributed by atoms with Gasteiger partial charge in [0, 0.05) is 25.2 Å². The van der Waals surface area contributed by atoms with E-state index in [0.29, 0.717) is 17.1 Å². The van der Waals surface area contributed by atoms with Crippen LogP contribution in [0.15, 0.2) is 66.9 Å². The first-order valence-corrected chi connectivity index (χ1v) is 10.8. The Morgan fingerprint density at radius 2 is 1.97 bits per heavy atom. The number of hydrogen-bond donors (Lipinski definition) is 3. The van der Waals surface area contributed by atoms with Crippen molar-refractivity contribution in [3.63, 3.8) is 0 Å². The summed E-state index contributed by atoms with van der Waals surface area (Å²) in [5.74, 6) is -0.286. The molecule has 8 heteroatoms. The molecule has 4 N–H and O–H groups in total. The summed E-state index contributed by atoms with van der Waals surface area (Å²) in [7, 11) is 0. The zero-order valence-electron chi connectivity index (χ0n) is 17.8. The number of likely N-dealkylation sites (tertiary alicyclic amines) is 1. The monoisotopic (exact) mass is 432 g/mol. The molecule has 1 aliphatic rings. The van der Waals surface area contributed by atoms with Gasteiger partial charge < -0.3 is 16.2 Å². The predicted octanol–water partition coefficient (Wildman–Crippen LogP) is 2.36. The number of benzene rings is 2. The lowest BCUT2D eigenvalue weighted by Gasteiger charge is -2.22. The van der Waals surface area contributed by atoms with E-state index >= 15 is 0 Å². The minimum atomic E-state index is -0.286. The number of aliphatic hydroxyl groups excluding tert-OH is 1. The second kappa shape index (κ2) is 10.2. The molecule has 3 aromatic rings. The normalized spacial score (nSPS) is 18.9. The van der Waals surface area contributed by atoms with E-state index in [-0.39, 0.29) is 24.6 Å². The van der Waals surface area contributed by atoms with Crippen LogP contribution in [0, 0.1) is 0 Å². The second-order valence-electron chi connectivity index (χ2n) is 7.99. The molecule has 0 bridgehead atoms. The molecule has 0 saturated carbocycles. The van der Waals surface area contributed by atoms with Gasteiger partial charge in [-0.15, -0.1) is 5.10 Å². The number of nitrogens with zero attached hydrogens (tertiary/aromatic N) is 4. The van der Waals surface area contributed by atoms with E-state index in [2.05, 4.69) is 32.7 Å². The molecule has 1 fully saturated rings. The van der Waals surface area contributed by atoms with Crippen molar-refractivity contribution in [3.05, 3.63) is 78.1 Å². The van der Waals surface area contributed by atoms with Gasteiger partial charge in [-0.25, -0.2) is 4.68 Å². The Kier molecular flexibility index (Phi) is 6.94. The lowest BCUT2D eigenvalue weighted by molar-refractivity contribution is -0.111. The van der Waals surface area contributed by atoms with Crippen LogP contribution in [-0.4, -0.2) is 56.6 Å². The quantitative estimate of drug-likeness (QED) is 0.372. The van der Waals surface area contributed by atoms with E-state index in [4.69, 9.17) is 5.73 Å². The Bertz CT molecular complexity index is 1070. The first-order chi connectivity index (χ1) is 15.6. The third kappa shape index (κ3) is 5.40. The lowest BCUT2D eigenvalue weighted by atomic mass is 10.1. The van der Waals surface area contributed by atoms with Crippen LogP contribution in [0.2, 0.25) is 0 Å². The van der Waals surface area contributed by atoms with Crippen molar-refractivity contribution >= 4 is 23.4 Å². The molecule has 4 rings (SSSR count). The number of nitrogen functional groups attached to an aromatic ring is 1. The van der Waals surface area contributed by atoms with E-state index in [1.165, 1.54) is 11.6 Å². The van der Waals surface area contributed by atoms with Gasteiger partial charge in [-0.1, -0.05) is 47.7 Å². The van der Waals surface area contributed by atoms with Crippen LogP contribution in [0.1, 0.15) is 23.7 Å². The molecular formula is C24H28N6O2. The maximum Gasteiger partial charge on any atom is 0.248 e. The molecule has 1 amide bonds. The van der Waals surface area contributed by atoms with Crippen molar-refractivity contribution < 1.29 is 9.90 Å². The molecule has 166 valence electrons. The minimum Gasteiger partial charge on any atom is -0.397 e. The number of para-hydroxylation sites is 2. The van der Waals surface area contributed by atoms with E-state index in [1.807, 2.05) is 41.2 Å². The number of hydrogen-bond acceptors (Lipinski definition) is 6. The smallest absolute Gasteiger partial charge is 0.248 e. The maximum absolute atomic E-state index is 12.2. The van der Waals surface area contributed by atoms with Gasteiger partial charge in [0.25, 0.3) is 0 Å². The van der Waals surface area contributed by atoms with Gasteiger partial charge in [0.1, 0.15) is 5.69 Å². The van der Waals surface area contributed by atoms with Gasteiger partial charge >= 0.3 is 0 Å². The lowest BCUT2D eigenvalue weighted by Crippen LogP contribution is -2.34. The summed E-state index contributed by atoms with van der Waals surface area (Å²) in [5, 5.41) is 21.0. The number of aromatic nitrogens is 3. The minimum absolute atomic E-state index is 0.106. The van der Waals surface area contributed by atoms with Crippen LogP contribution in [0.3, 0.4) is 0 Å². The molecule has 1 aliphatic heterocycles. The summed E-state index contributed by atoms with van der Waals surface area (Å²) in [6.07, 6.45) is 6.63. The highest BCUT2D eigenvalue weighted by Crippen LogP contribution is 2.27. The first kappa shape index (κ1) is 21.7. The van der Waals surface area contributed by atoms with Crippen LogP contribution in [0.25, 0.3) is 6.08 Å². The number of anilines is 2. The third-order valence-electron chi connectivity index (χ3n) is 5.77. The van der Waals surface area contributed by atoms with Crippen molar-refractivity contribution in [2.24, 2.45) is 0 Å². The molecular weight excluding hydrogens is 404 g/mol. The van der Waals surface area contributed by atoms with Crippen LogP contribution in [0.5, 0.6) is 0 Å². The fraction of sp³-hybridized carbons (Fsp3) is 0.292. The van der Waals surface area contributed by atoms with Crippen LogP contribution >= 0.6 is 0 Å². The zero-order chi connectivity index (χ0) is 22.3. The largest absolute Gasteiger partial charge is 0.397 e. The Morgan fingerprint density at radius 1 is 1.19 bits per heavy atom. The average Bonchev–Trinajstić information content (AvgIpc) is 3.45. The number of carbonyl (C=O) groups excluding carboxylic acids is 1. The van der Waals surface area contributed by atoms with Gasteiger partial charge in [-0.05, 0) is 36.6 Å². The molecule has 8 nitrogen and oxygen atoms in total. The van der Waals surface area contributed by atoms with E-state index in [9.17, 15) is 9.90 Å². The molecule has 0 unspecified atom stereocenters. The summed E-state index contributed by atoms with van der Waals surface area (Å²) >= 11 is 0. The molecule has 2 heterocycles. The summed E-state index contributed by atoms with van der Waals surface area (Å²) in [5.41, 5.74) is 8.82. The number of nitrogens with two attached hydrogens (primary N) is 1. The Hall–Kier alpha value is -3.49. The van der Waals surface area contributed by atoms with Crippen molar-refractivity contribution in [2.75, 3.05) is 30.7 Å². The van der Waals surface area contributed by atoms with Crippen molar-refractivity contribution in [3.8, 4) is 0 Å². The fourth-order valence-corrected chi connectivity index (χ4v) is 4.02. The Labute approximate surface area is 187 Å². The summed E-state index contributed by atoms with van der Waals surface area (Å²) in [6.45, 7) is 1.81. The molecule has 0 radical (unpaired) electrons. The molecule has 0 aliphatic carbocycles. The molecule has 2 aromatic carbocycles. The summed E-state index contributed by atoms with van der Waals surface area (Å²) in [6, 6.07) is 17.7. The topological polar surface area (TPSA) is 109 Å².